The molecule has 0 amide bonds. The summed E-state index contributed by atoms with van der Waals surface area (Å²) in [5, 5.41) is 18.8. The Morgan fingerprint density at radius 2 is 1.04 bits per heavy atom. The number of carbonyl (C=O) groups excluding carboxylic acids is 3. The monoisotopic (exact) mass is 1340 g/mol. The number of carboxylic acid groups (broad SMARTS) is 1. The van der Waals surface area contributed by atoms with Crippen LogP contribution in [0.1, 0.15) is 103 Å². The predicted octanol–water partition coefficient (Wildman–Crippen LogP) is 4.82. The molecule has 2 aliphatic rings. The minimum atomic E-state index is -4.49. The molecule has 0 N–H and O–H groups in total. The third kappa shape index (κ3) is 17.6. The van der Waals surface area contributed by atoms with Gasteiger partial charge >= 0.3 is 65.4 Å². The third-order valence-electron chi connectivity index (χ3n) is 15.4. The van der Waals surface area contributed by atoms with Crippen molar-refractivity contribution in [2.24, 2.45) is 11.8 Å². The van der Waals surface area contributed by atoms with Crippen LogP contribution in [-0.4, -0.2) is 131 Å². The molecular weight excluding hydrogens is 1260 g/mol. The second-order valence-corrected chi connectivity index (χ2v) is 22.0. The van der Waals surface area contributed by atoms with E-state index < -0.39 is 64.1 Å². The van der Waals surface area contributed by atoms with Gasteiger partial charge in [0.15, 0.2) is 40.9 Å². The Morgan fingerprint density at radius 3 is 1.47 bits per heavy atom. The Bertz CT molecular complexity index is 4130. The van der Waals surface area contributed by atoms with E-state index >= 15 is 0 Å². The van der Waals surface area contributed by atoms with Gasteiger partial charge in [0.25, 0.3) is 11.1 Å². The Labute approximate surface area is 558 Å². The van der Waals surface area contributed by atoms with E-state index in [0.717, 1.165) is 77.0 Å². The predicted molar refractivity (Wildman–Crippen MR) is 330 cm³/mol. The van der Waals surface area contributed by atoms with Crippen molar-refractivity contribution in [3.63, 3.8) is 0 Å². The number of fused-ring (bicyclic) bond motifs is 2. The van der Waals surface area contributed by atoms with Crippen molar-refractivity contribution < 1.29 is 84.9 Å². The van der Waals surface area contributed by atoms with Crippen molar-refractivity contribution in [2.45, 2.75) is 139 Å². The molecule has 6 aromatic heterocycles. The zero-order valence-electron chi connectivity index (χ0n) is 51.3. The first-order chi connectivity index (χ1) is 42.8. The number of likely N-dealkylation sites (tertiary alicyclic amines) is 2. The van der Waals surface area contributed by atoms with E-state index in [2.05, 4.69) is 30.0 Å². The van der Waals surface area contributed by atoms with Crippen LogP contribution in [0.25, 0.3) is 45.1 Å². The molecule has 0 unspecified atom stereocenters. The van der Waals surface area contributed by atoms with Gasteiger partial charge in [-0.3, -0.25) is 46.6 Å². The number of piperidine rings is 2. The van der Waals surface area contributed by atoms with Crippen LogP contribution >= 0.6 is 11.6 Å². The molecule has 500 valence electrons. The number of carboxylic acids is 1. The fraction of sp³-hybridized carbons (Fsp3) is 0.492. The van der Waals surface area contributed by atoms with Crippen LogP contribution in [0.2, 0.25) is 0 Å². The topological polar surface area (TPSA) is 258 Å². The fourth-order valence-electron chi connectivity index (χ4n) is 10.7. The molecule has 10 rings (SSSR count). The molecule has 0 saturated carbocycles. The van der Waals surface area contributed by atoms with Crippen LogP contribution in [0, 0.1) is 11.8 Å². The summed E-state index contributed by atoms with van der Waals surface area (Å²) in [6.07, 6.45) is -0.195. The summed E-state index contributed by atoms with van der Waals surface area (Å²) in [7, 11) is 4.00. The van der Waals surface area contributed by atoms with Gasteiger partial charge in [0.05, 0.1) is 53.7 Å². The number of benzene rings is 2. The van der Waals surface area contributed by atoms with Crippen LogP contribution in [0.15, 0.2) is 92.5 Å². The summed E-state index contributed by atoms with van der Waals surface area (Å²) in [5.41, 5.74) is -2.31. The summed E-state index contributed by atoms with van der Waals surface area (Å²) in [5.74, 6) is -1.51. The van der Waals surface area contributed by atoms with Gasteiger partial charge in [0, 0.05) is 50.5 Å². The maximum absolute atomic E-state index is 13.6. The van der Waals surface area contributed by atoms with Gasteiger partial charge in [0.2, 0.25) is 0 Å². The van der Waals surface area contributed by atoms with Crippen molar-refractivity contribution in [1.82, 2.24) is 66.7 Å². The zero-order valence-corrected chi connectivity index (χ0v) is 54.1. The molecule has 2 aliphatic heterocycles. The first-order valence-electron chi connectivity index (χ1n) is 29.2. The van der Waals surface area contributed by atoms with Gasteiger partial charge in [0.1, 0.15) is 5.82 Å². The Kier molecular flexibility index (Phi) is 27.0. The largest absolute Gasteiger partial charge is 1.00 e. The average Bonchev–Trinajstić information content (AvgIpc) is 1.58. The first-order valence-corrected chi connectivity index (χ1v) is 29.7. The number of aryl methyl sites for hydroxylation is 2. The standard InChI is InChI=1S/C29H34F3N7O4.C23H22ClF3N6O4.C7H13NO2.2CH4.Na/c1-4-11-38-26(40)23-25(37(5-2)28(38)42)34-24(39(23)18-43-27(41)20-9-12-35(3)13-10-20)21-15-33-36(17-21)16-19-7-6-8-22(14-19)29(30,31)32;1-3-8-32-20(34)17-19(31(4-2)21(32)35)29-18(33(17)22(36)37-13-24)15-10-28-30(12-15)11-14-6-5-7-16(9-14)23(25,26)27;1-8-4-2-6(3-5-8)7(9)10;;;/h6-8,14-15,17,20H,4-5,9-13,16,18H2,1-3H3;5-7,9-10,12H,3-4,8,11,13H2,1-2H3;6H,2-5H2,1H3,(H,9,10);2*1H4;/q;;;;;+1/p-1. The van der Waals surface area contributed by atoms with E-state index in [4.69, 9.17) is 21.1 Å². The number of carbonyl (C=O) groups is 3. The zero-order chi connectivity index (χ0) is 65.4. The van der Waals surface area contributed by atoms with Gasteiger partial charge in [-0.15, -0.1) is 0 Å². The third-order valence-corrected chi connectivity index (χ3v) is 15.6. The number of rotatable bonds is 17. The normalized spacial score (nSPS) is 14.1. The van der Waals surface area contributed by atoms with Crippen LogP contribution in [0.3, 0.4) is 0 Å². The van der Waals surface area contributed by atoms with Crippen LogP contribution in [0.5, 0.6) is 0 Å². The van der Waals surface area contributed by atoms with Gasteiger partial charge in [-0.25, -0.2) is 28.9 Å². The number of hydrogen-bond acceptors (Lipinski definition) is 16. The van der Waals surface area contributed by atoms with Gasteiger partial charge in [-0.05, 0) is 128 Å². The van der Waals surface area contributed by atoms with Crippen molar-refractivity contribution in [3.8, 4) is 22.8 Å². The second-order valence-electron chi connectivity index (χ2n) is 21.8. The molecule has 0 spiro atoms. The smallest absolute Gasteiger partial charge is 0.550 e. The molecule has 0 bridgehead atoms. The van der Waals surface area contributed by atoms with Gasteiger partial charge in [-0.1, -0.05) is 64.6 Å². The fourth-order valence-corrected chi connectivity index (χ4v) is 10.8. The molecule has 2 aromatic carbocycles. The number of esters is 1. The van der Waals surface area contributed by atoms with Crippen LogP contribution in [0.4, 0.5) is 31.1 Å². The number of ether oxygens (including phenoxy) is 2. The minimum absolute atomic E-state index is 0. The van der Waals surface area contributed by atoms with E-state index in [1.165, 1.54) is 59.9 Å². The van der Waals surface area contributed by atoms with Crippen molar-refractivity contribution >= 4 is 52.0 Å². The number of aromatic nitrogens is 12. The molecule has 0 atom stereocenters. The number of nitrogens with zero attached hydrogens (tertiary/aromatic N) is 14. The molecule has 2 fully saturated rings. The van der Waals surface area contributed by atoms with Crippen molar-refractivity contribution in [1.29, 1.82) is 0 Å². The Balaban J connectivity index is 0.000000287. The van der Waals surface area contributed by atoms with E-state index in [0.29, 0.717) is 42.4 Å². The molecule has 8 heterocycles. The van der Waals surface area contributed by atoms with E-state index in [9.17, 15) is 65.0 Å². The maximum Gasteiger partial charge on any atom is 1.00 e. The van der Waals surface area contributed by atoms with Crippen LogP contribution in [-0.2, 0) is 77.4 Å². The summed E-state index contributed by atoms with van der Waals surface area (Å²) in [4.78, 5) is 103. The molecule has 32 heteroatoms. The first kappa shape index (κ1) is 76.1. The Hall–Kier alpha value is -7.64. The summed E-state index contributed by atoms with van der Waals surface area (Å²) >= 11 is 5.59. The second kappa shape index (κ2) is 33.0. The molecule has 24 nitrogen and oxygen atoms in total. The summed E-state index contributed by atoms with van der Waals surface area (Å²) < 4.78 is 99.7. The SMILES string of the molecule is C.C.CCCn1c(=O)c2c(nc(-c3cnn(Cc4cccc(C(F)(F)F)c4)c3)n2C(=O)OCCl)n(CC)c1=O.CCCn1c(=O)c2c(nc(-c3cnn(Cc4cccc(C(F)(F)F)c4)c3)n2COC(=O)C2CCN(C)CC2)n(CC)c1=O.CN1CCC(C(=O)[O-])CC1.[Na+]. The van der Waals surface area contributed by atoms with Crippen molar-refractivity contribution in [3.05, 3.63) is 137 Å². The molecule has 0 aliphatic carbocycles. The molecular formula is C61H76ClF6N14NaO10. The van der Waals surface area contributed by atoms with E-state index in [1.807, 2.05) is 21.0 Å². The van der Waals surface area contributed by atoms with Crippen LogP contribution < -0.4 is 57.2 Å². The van der Waals surface area contributed by atoms with Crippen molar-refractivity contribution in [2.75, 3.05) is 46.3 Å². The molecule has 93 heavy (non-hydrogen) atoms. The number of hydrogen-bond donors (Lipinski definition) is 0. The number of halogens is 7. The van der Waals surface area contributed by atoms with E-state index in [-0.39, 0.29) is 148 Å². The Morgan fingerprint density at radius 1 is 0.613 bits per heavy atom. The average molecular weight is 1340 g/mol. The number of aliphatic carboxylic acids is 1. The molecule has 8 aromatic rings. The molecule has 0 radical (unpaired) electrons. The molecule has 2 saturated heterocycles. The summed E-state index contributed by atoms with van der Waals surface area (Å²) in [6.45, 7) is 11.0. The quantitative estimate of drug-likeness (QED) is 0.0512. The minimum Gasteiger partial charge on any atom is -0.550 e. The maximum atomic E-state index is 13.6. The van der Waals surface area contributed by atoms with Gasteiger partial charge < -0.3 is 29.2 Å². The van der Waals surface area contributed by atoms with Gasteiger partial charge in [-0.2, -0.15) is 36.5 Å². The summed E-state index contributed by atoms with van der Waals surface area (Å²) in [6, 6.07) is 9.31. The number of imidazole rings is 2. The van der Waals surface area contributed by atoms with E-state index in [1.54, 1.807) is 33.0 Å². The number of alkyl halides is 7.